The molecule has 6 nitrogen and oxygen atoms in total. The number of nitrogens with zero attached hydrogens (tertiary/aromatic N) is 3. The minimum Gasteiger partial charge on any atom is -0.245 e. The summed E-state index contributed by atoms with van der Waals surface area (Å²) in [6, 6.07) is 0. The number of halogens is 8. The van der Waals surface area contributed by atoms with Crippen LogP contribution in [-0.2, 0) is 14.8 Å². The Morgan fingerprint density at radius 1 is 1.11 bits per heavy atom. The van der Waals surface area contributed by atoms with E-state index in [0.717, 1.165) is 0 Å². The van der Waals surface area contributed by atoms with Gasteiger partial charge in [0.2, 0.25) is 0 Å². The van der Waals surface area contributed by atoms with E-state index in [1.54, 1.807) is 0 Å². The molecule has 0 aromatic heterocycles. The van der Waals surface area contributed by atoms with Gasteiger partial charge in [0.1, 0.15) is 0 Å². The highest BCUT2D eigenvalue weighted by molar-refractivity contribution is 7.91. The van der Waals surface area contributed by atoms with Crippen LogP contribution < -0.4 is 0 Å². The van der Waals surface area contributed by atoms with Crippen molar-refractivity contribution in [3.05, 3.63) is 10.4 Å². The maximum absolute atomic E-state index is 12.7. The Bertz CT molecular complexity index is 483. The summed E-state index contributed by atoms with van der Waals surface area (Å²) in [4.78, 5) is 1.25. The average molecular weight is 323 g/mol. The molecule has 0 bridgehead atoms. The minimum absolute atomic E-state index is 1.25. The predicted octanol–water partition coefficient (Wildman–Crippen LogP) is 2.69. The molecule has 0 aliphatic carbocycles. The first-order chi connectivity index (χ1) is 8.21. The fourth-order valence-electron chi connectivity index (χ4n) is 0.524. The highest BCUT2D eigenvalue weighted by atomic mass is 32.2. The van der Waals surface area contributed by atoms with Gasteiger partial charge >= 0.3 is 33.9 Å². The van der Waals surface area contributed by atoms with E-state index in [0.29, 0.717) is 0 Å². The lowest BCUT2D eigenvalue weighted by molar-refractivity contribution is -0.435. The Hall–Kier alpha value is -1.34. The van der Waals surface area contributed by atoms with Crippen LogP contribution >= 0.6 is 0 Å². The zero-order valence-electron chi connectivity index (χ0n) is 8.08. The summed E-state index contributed by atoms with van der Waals surface area (Å²) in [5.74, 6) is 0. The molecule has 0 radical (unpaired) electrons. The van der Waals surface area contributed by atoms with Crippen LogP contribution in [0.25, 0.3) is 10.4 Å². The van der Waals surface area contributed by atoms with E-state index < -0.39 is 33.9 Å². The summed E-state index contributed by atoms with van der Waals surface area (Å²) < 4.78 is 121. The van der Waals surface area contributed by atoms with E-state index in [2.05, 4.69) is 0 Å². The Balaban J connectivity index is 5.60. The summed E-state index contributed by atoms with van der Waals surface area (Å²) in [5.41, 5.74) is 7.54. The number of sulfonamides is 1. The molecular formula is C4HF8N3O3S. The molecule has 0 N–H and O–H groups in total. The maximum Gasteiger partial charge on any atom is 0.441 e. The quantitative estimate of drug-likeness (QED) is 0.325. The summed E-state index contributed by atoms with van der Waals surface area (Å²) >= 11 is 0. The van der Waals surface area contributed by atoms with Crippen molar-refractivity contribution in [3.8, 4) is 0 Å². The van der Waals surface area contributed by atoms with E-state index >= 15 is 0 Å². The molecular weight excluding hydrogens is 322 g/mol. The van der Waals surface area contributed by atoms with Gasteiger partial charge in [-0.05, 0) is 5.53 Å². The first kappa shape index (κ1) is 17.7. The number of hydrogen-bond acceptors (Lipinski definition) is 3. The molecule has 0 atom stereocenters. The second-order valence-electron chi connectivity index (χ2n) is 2.64. The molecule has 0 fully saturated rings. The summed E-state index contributed by atoms with van der Waals surface area (Å²) in [6.45, 7) is 0. The fraction of sp³-hybridized carbons (Fsp3) is 1.00. The van der Waals surface area contributed by atoms with Gasteiger partial charge in [0.05, 0.1) is 0 Å². The molecule has 0 aromatic rings. The highest BCUT2D eigenvalue weighted by Gasteiger charge is 2.71. The topological polar surface area (TPSA) is 92.1 Å². The molecule has 0 rings (SSSR count). The van der Waals surface area contributed by atoms with Crippen molar-refractivity contribution >= 4 is 10.0 Å². The van der Waals surface area contributed by atoms with Crippen LogP contribution in [0.3, 0.4) is 0 Å². The van der Waals surface area contributed by atoms with E-state index in [-0.39, 0.29) is 0 Å². The maximum atomic E-state index is 12.7. The molecule has 0 aliphatic heterocycles. The van der Waals surface area contributed by atoms with Gasteiger partial charge in [0.15, 0.2) is 0 Å². The molecule has 0 spiro atoms. The largest absolute Gasteiger partial charge is 0.441 e. The Kier molecular flexibility index (Phi) is 4.62. The number of hydrogen-bond donors (Lipinski definition) is 0. The van der Waals surface area contributed by atoms with Gasteiger partial charge in [0, 0.05) is 9.43 Å². The van der Waals surface area contributed by atoms with Gasteiger partial charge in [0.25, 0.3) is 0 Å². The normalized spacial score (nSPS) is 14.4. The van der Waals surface area contributed by atoms with Crippen LogP contribution in [0.5, 0.6) is 0 Å². The molecule has 15 heteroatoms. The third-order valence-corrected chi connectivity index (χ3v) is 2.50. The van der Waals surface area contributed by atoms with Crippen LogP contribution in [0, 0.1) is 0 Å². The van der Waals surface area contributed by atoms with Crippen LogP contribution in [-0.4, -0.2) is 32.3 Å². The van der Waals surface area contributed by atoms with E-state index in [9.17, 15) is 43.5 Å². The van der Waals surface area contributed by atoms with Crippen molar-refractivity contribution in [2.45, 2.75) is 23.9 Å². The lowest BCUT2D eigenvalue weighted by atomic mass is 10.6. The second kappa shape index (κ2) is 4.97. The molecule has 0 amide bonds. The van der Waals surface area contributed by atoms with Gasteiger partial charge in [-0.25, -0.2) is 21.9 Å². The zero-order chi connectivity index (χ0) is 15.7. The number of rotatable bonds is 6. The first-order valence-corrected chi connectivity index (χ1v) is 5.08. The number of alkyl halides is 8. The number of ether oxygens (including phenoxy) is 1. The SMILES string of the molecule is [N-]=[N+]=NS(=O)(=O)C(F)(F)C(F)(F)OC(F)(F)C(F)F. The van der Waals surface area contributed by atoms with Crippen molar-refractivity contribution in [2.24, 2.45) is 4.52 Å². The fourth-order valence-corrected chi connectivity index (χ4v) is 1.07. The Morgan fingerprint density at radius 3 is 1.84 bits per heavy atom. The van der Waals surface area contributed by atoms with Crippen molar-refractivity contribution in [1.29, 1.82) is 0 Å². The Morgan fingerprint density at radius 2 is 1.53 bits per heavy atom. The van der Waals surface area contributed by atoms with Gasteiger partial charge in [-0.1, -0.05) is 0 Å². The second-order valence-corrected chi connectivity index (χ2v) is 4.27. The smallest absolute Gasteiger partial charge is 0.245 e. The summed E-state index contributed by atoms with van der Waals surface area (Å²) in [5, 5.41) is -6.48. The van der Waals surface area contributed by atoms with E-state index in [1.807, 2.05) is 4.74 Å². The molecule has 0 saturated carbocycles. The molecule has 19 heavy (non-hydrogen) atoms. The number of azide groups is 1. The predicted molar refractivity (Wildman–Crippen MR) is 40.0 cm³/mol. The van der Waals surface area contributed by atoms with Crippen LogP contribution in [0.1, 0.15) is 0 Å². The summed E-state index contributed by atoms with van der Waals surface area (Å²) in [6.07, 6.45) is -17.6. The third kappa shape index (κ3) is 3.36. The standard InChI is InChI=1S/C4HF8N3O3S/c5-1(6)2(7,8)18-3(9,10)4(11,12)19(16,17)15-14-13/h1H. The minimum atomic E-state index is -6.64. The van der Waals surface area contributed by atoms with Gasteiger partial charge in [-0.15, -0.1) is 0 Å². The molecule has 0 unspecified atom stereocenters. The zero-order valence-corrected chi connectivity index (χ0v) is 8.89. The van der Waals surface area contributed by atoms with Crippen LogP contribution in [0.15, 0.2) is 4.52 Å². The van der Waals surface area contributed by atoms with Gasteiger partial charge in [-0.3, -0.25) is 0 Å². The van der Waals surface area contributed by atoms with Crippen molar-refractivity contribution in [2.75, 3.05) is 0 Å². The van der Waals surface area contributed by atoms with Gasteiger partial charge < -0.3 is 0 Å². The average Bonchev–Trinajstić information content (AvgIpc) is 2.14. The highest BCUT2D eigenvalue weighted by Crippen LogP contribution is 2.44. The molecule has 0 heterocycles. The van der Waals surface area contributed by atoms with Crippen LogP contribution in [0.4, 0.5) is 35.1 Å². The lowest BCUT2D eigenvalue weighted by Crippen LogP contribution is -2.52. The molecule has 0 saturated heterocycles. The van der Waals surface area contributed by atoms with Crippen molar-refractivity contribution < 1.29 is 48.3 Å². The molecule has 0 aromatic carbocycles. The molecule has 0 aliphatic rings. The lowest BCUT2D eigenvalue weighted by Gasteiger charge is -2.27. The molecule has 112 valence electrons. The van der Waals surface area contributed by atoms with Gasteiger partial charge in [-0.2, -0.15) is 26.3 Å². The van der Waals surface area contributed by atoms with Crippen molar-refractivity contribution in [3.63, 3.8) is 0 Å². The van der Waals surface area contributed by atoms with Crippen molar-refractivity contribution in [1.82, 2.24) is 0 Å². The first-order valence-electron chi connectivity index (χ1n) is 3.64. The van der Waals surface area contributed by atoms with E-state index in [1.165, 1.54) is 9.43 Å². The third-order valence-electron chi connectivity index (χ3n) is 1.33. The Labute approximate surface area is 98.2 Å². The summed E-state index contributed by atoms with van der Waals surface area (Å²) in [7, 11) is -6.64. The van der Waals surface area contributed by atoms with Crippen LogP contribution in [0.2, 0.25) is 0 Å². The van der Waals surface area contributed by atoms with E-state index in [4.69, 9.17) is 5.53 Å². The monoisotopic (exact) mass is 323 g/mol.